The largest absolute Gasteiger partial charge is 0.453 e. The third-order valence-electron chi connectivity index (χ3n) is 3.04. The number of aromatic nitrogens is 4. The lowest BCUT2D eigenvalue weighted by Gasteiger charge is -2.04. The van der Waals surface area contributed by atoms with Gasteiger partial charge in [-0.15, -0.1) is 16.4 Å². The lowest BCUT2D eigenvalue weighted by Crippen LogP contribution is -2.19. The Bertz CT molecular complexity index is 903. The van der Waals surface area contributed by atoms with Crippen molar-refractivity contribution in [3.63, 3.8) is 0 Å². The number of methoxy groups -OCH3 is 1. The summed E-state index contributed by atoms with van der Waals surface area (Å²) >= 11 is 1.60. The maximum atomic E-state index is 12.1. The zero-order valence-corrected chi connectivity index (χ0v) is 13.8. The molecule has 10 heteroatoms. The number of anilines is 2. The van der Waals surface area contributed by atoms with E-state index in [1.54, 1.807) is 11.3 Å². The first-order chi connectivity index (χ1) is 11.5. The molecule has 0 aliphatic carbocycles. The normalized spacial score (nSPS) is 10.6. The maximum Gasteiger partial charge on any atom is 0.412 e. The molecule has 0 aliphatic rings. The van der Waals surface area contributed by atoms with Crippen molar-refractivity contribution >= 4 is 45.1 Å². The second-order valence-corrected chi connectivity index (χ2v) is 6.12. The number of carbonyl (C=O) groups is 2. The minimum atomic E-state index is -0.654. The van der Waals surface area contributed by atoms with Gasteiger partial charge in [0.15, 0.2) is 5.82 Å². The zero-order chi connectivity index (χ0) is 17.1. The predicted octanol–water partition coefficient (Wildman–Crippen LogP) is 2.01. The number of ether oxygens (including phenoxy) is 1. The summed E-state index contributed by atoms with van der Waals surface area (Å²) in [6, 6.07) is 5.56. The van der Waals surface area contributed by atoms with Crippen LogP contribution in [0.5, 0.6) is 0 Å². The molecule has 124 valence electrons. The molecule has 0 fully saturated rings. The van der Waals surface area contributed by atoms with Crippen LogP contribution in [0.1, 0.15) is 5.01 Å². The topological polar surface area (TPSA) is 111 Å². The van der Waals surface area contributed by atoms with Gasteiger partial charge in [0.1, 0.15) is 6.54 Å². The van der Waals surface area contributed by atoms with E-state index >= 15 is 0 Å². The van der Waals surface area contributed by atoms with Crippen molar-refractivity contribution < 1.29 is 14.3 Å². The molecule has 0 saturated heterocycles. The molecule has 0 saturated carbocycles. The molecule has 3 aromatic rings. The van der Waals surface area contributed by atoms with Gasteiger partial charge in [-0.25, -0.2) is 14.5 Å². The van der Waals surface area contributed by atoms with E-state index in [0.29, 0.717) is 5.69 Å². The van der Waals surface area contributed by atoms with E-state index in [4.69, 9.17) is 0 Å². The van der Waals surface area contributed by atoms with Crippen LogP contribution in [0.2, 0.25) is 0 Å². The SMILES string of the molecule is COC(=O)Nc1cn(CC(=O)Nc2ccc3sc(C)nc3c2)nn1. The summed E-state index contributed by atoms with van der Waals surface area (Å²) in [5, 5.41) is 13.6. The van der Waals surface area contributed by atoms with Gasteiger partial charge in [0.25, 0.3) is 0 Å². The van der Waals surface area contributed by atoms with Crippen LogP contribution in [0, 0.1) is 6.92 Å². The van der Waals surface area contributed by atoms with Crippen LogP contribution in [-0.4, -0.2) is 39.1 Å². The molecule has 0 atom stereocenters. The number of hydrogen-bond acceptors (Lipinski definition) is 7. The third-order valence-corrected chi connectivity index (χ3v) is 3.99. The summed E-state index contributed by atoms with van der Waals surface area (Å²) in [5.74, 6) is -0.0650. The van der Waals surface area contributed by atoms with E-state index in [0.717, 1.165) is 15.2 Å². The number of hydrogen-bond donors (Lipinski definition) is 2. The Labute approximate surface area is 140 Å². The summed E-state index contributed by atoms with van der Waals surface area (Å²) in [5.41, 5.74) is 1.51. The van der Waals surface area contributed by atoms with E-state index in [2.05, 4.69) is 30.7 Å². The van der Waals surface area contributed by atoms with Gasteiger partial charge in [0, 0.05) is 5.69 Å². The molecule has 3 rings (SSSR count). The van der Waals surface area contributed by atoms with Crippen molar-refractivity contribution in [2.45, 2.75) is 13.5 Å². The Kier molecular flexibility index (Phi) is 4.38. The monoisotopic (exact) mass is 346 g/mol. The average molecular weight is 346 g/mol. The number of aryl methyl sites for hydroxylation is 1. The minimum absolute atomic E-state index is 0.0377. The second kappa shape index (κ2) is 6.62. The van der Waals surface area contributed by atoms with E-state index in [1.165, 1.54) is 18.0 Å². The first kappa shape index (κ1) is 15.9. The lowest BCUT2D eigenvalue weighted by molar-refractivity contribution is -0.116. The van der Waals surface area contributed by atoms with Crippen molar-refractivity contribution in [2.75, 3.05) is 17.7 Å². The molecular weight excluding hydrogens is 332 g/mol. The van der Waals surface area contributed by atoms with Crippen molar-refractivity contribution in [3.8, 4) is 0 Å². The molecule has 2 aromatic heterocycles. The van der Waals surface area contributed by atoms with Crippen molar-refractivity contribution in [3.05, 3.63) is 29.4 Å². The van der Waals surface area contributed by atoms with Crippen LogP contribution in [0.4, 0.5) is 16.3 Å². The fourth-order valence-corrected chi connectivity index (χ4v) is 2.86. The van der Waals surface area contributed by atoms with Crippen LogP contribution >= 0.6 is 11.3 Å². The summed E-state index contributed by atoms with van der Waals surface area (Å²) in [6.45, 7) is 1.90. The standard InChI is InChI=1S/C14H14N6O3S/c1-8-15-10-5-9(3-4-11(10)24-8)16-13(21)7-20-6-12(18-19-20)17-14(22)23-2/h3-6H,7H2,1-2H3,(H,16,21)(H,17,22). The number of thiazole rings is 1. The van der Waals surface area contributed by atoms with Crippen molar-refractivity contribution in [1.82, 2.24) is 20.0 Å². The van der Waals surface area contributed by atoms with Crippen LogP contribution in [0.25, 0.3) is 10.2 Å². The molecule has 2 N–H and O–H groups in total. The van der Waals surface area contributed by atoms with Crippen LogP contribution in [0.15, 0.2) is 24.4 Å². The first-order valence-electron chi connectivity index (χ1n) is 6.95. The number of rotatable bonds is 4. The molecule has 0 unspecified atom stereocenters. The highest BCUT2D eigenvalue weighted by Gasteiger charge is 2.09. The molecule has 9 nitrogen and oxygen atoms in total. The number of fused-ring (bicyclic) bond motifs is 1. The van der Waals surface area contributed by atoms with E-state index in [1.807, 2.05) is 25.1 Å². The highest BCUT2D eigenvalue weighted by atomic mass is 32.1. The Hall–Kier alpha value is -3.01. The Balaban J connectivity index is 1.63. The molecule has 1 aromatic carbocycles. The van der Waals surface area contributed by atoms with Gasteiger partial charge in [-0.2, -0.15) is 0 Å². The molecule has 0 aliphatic heterocycles. The van der Waals surface area contributed by atoms with Crippen LogP contribution in [0.3, 0.4) is 0 Å². The van der Waals surface area contributed by atoms with Crippen LogP contribution in [-0.2, 0) is 16.1 Å². The highest BCUT2D eigenvalue weighted by molar-refractivity contribution is 7.18. The summed E-state index contributed by atoms with van der Waals surface area (Å²) in [6.07, 6.45) is 0.780. The van der Waals surface area contributed by atoms with E-state index in [-0.39, 0.29) is 18.3 Å². The zero-order valence-electron chi connectivity index (χ0n) is 12.9. The number of carbonyl (C=O) groups excluding carboxylic acids is 2. The van der Waals surface area contributed by atoms with E-state index < -0.39 is 6.09 Å². The smallest absolute Gasteiger partial charge is 0.412 e. The predicted molar refractivity (Wildman–Crippen MR) is 89.0 cm³/mol. The van der Waals surface area contributed by atoms with Crippen molar-refractivity contribution in [2.24, 2.45) is 0 Å². The number of nitrogens with zero attached hydrogens (tertiary/aromatic N) is 4. The average Bonchev–Trinajstić information content (AvgIpc) is 3.11. The molecule has 2 heterocycles. The highest BCUT2D eigenvalue weighted by Crippen LogP contribution is 2.24. The Morgan fingerprint density at radius 1 is 1.33 bits per heavy atom. The van der Waals surface area contributed by atoms with Gasteiger partial charge in [-0.05, 0) is 25.1 Å². The Morgan fingerprint density at radius 3 is 2.96 bits per heavy atom. The molecule has 24 heavy (non-hydrogen) atoms. The number of amides is 2. The number of benzene rings is 1. The summed E-state index contributed by atoms with van der Waals surface area (Å²) < 4.78 is 6.83. The summed E-state index contributed by atoms with van der Waals surface area (Å²) in [4.78, 5) is 27.5. The third kappa shape index (κ3) is 3.66. The molecule has 0 spiro atoms. The van der Waals surface area contributed by atoms with Gasteiger partial charge in [0.2, 0.25) is 5.91 Å². The van der Waals surface area contributed by atoms with Gasteiger partial charge in [0.05, 0.1) is 28.5 Å². The lowest BCUT2D eigenvalue weighted by atomic mass is 10.3. The Morgan fingerprint density at radius 2 is 2.17 bits per heavy atom. The van der Waals surface area contributed by atoms with Crippen LogP contribution < -0.4 is 10.6 Å². The molecule has 0 radical (unpaired) electrons. The second-order valence-electron chi connectivity index (χ2n) is 4.88. The van der Waals surface area contributed by atoms with Gasteiger partial charge < -0.3 is 10.1 Å². The maximum absolute atomic E-state index is 12.1. The quantitative estimate of drug-likeness (QED) is 0.747. The number of nitrogens with one attached hydrogen (secondary N) is 2. The first-order valence-corrected chi connectivity index (χ1v) is 7.77. The molecule has 0 bridgehead atoms. The van der Waals surface area contributed by atoms with E-state index in [9.17, 15) is 9.59 Å². The van der Waals surface area contributed by atoms with Gasteiger partial charge in [-0.1, -0.05) is 5.21 Å². The van der Waals surface area contributed by atoms with Crippen molar-refractivity contribution in [1.29, 1.82) is 0 Å². The van der Waals surface area contributed by atoms with Gasteiger partial charge in [-0.3, -0.25) is 10.1 Å². The molecule has 2 amide bonds. The molecular formula is C14H14N6O3S. The minimum Gasteiger partial charge on any atom is -0.453 e. The summed E-state index contributed by atoms with van der Waals surface area (Å²) in [7, 11) is 1.24. The van der Waals surface area contributed by atoms with Gasteiger partial charge >= 0.3 is 6.09 Å². The fourth-order valence-electron chi connectivity index (χ4n) is 2.06. The fraction of sp³-hybridized carbons (Fsp3) is 0.214.